The number of hydrogen-bond acceptors (Lipinski definition) is 6. The van der Waals surface area contributed by atoms with E-state index in [1.165, 1.54) is 6.20 Å². The van der Waals surface area contributed by atoms with Gasteiger partial charge in [-0.3, -0.25) is 9.78 Å². The van der Waals surface area contributed by atoms with Crippen LogP contribution in [0.5, 0.6) is 11.5 Å². The summed E-state index contributed by atoms with van der Waals surface area (Å²) in [5, 5.41) is 5.63. The van der Waals surface area contributed by atoms with Crippen molar-refractivity contribution in [3.63, 3.8) is 0 Å². The molecule has 7 heteroatoms. The van der Waals surface area contributed by atoms with Crippen LogP contribution in [0.1, 0.15) is 10.5 Å². The molecular formula is C20H15N4O3. The van der Waals surface area contributed by atoms with Gasteiger partial charge in [0.2, 0.25) is 0 Å². The molecule has 2 aromatic carbocycles. The Morgan fingerprint density at radius 1 is 1.11 bits per heavy atom. The molecule has 0 spiro atoms. The largest absolute Gasteiger partial charge is 0.457 e. The molecule has 4 aromatic rings. The quantitative estimate of drug-likeness (QED) is 0.561. The molecule has 0 atom stereocenters. The van der Waals surface area contributed by atoms with Crippen LogP contribution in [0.25, 0.3) is 11.1 Å². The number of anilines is 2. The van der Waals surface area contributed by atoms with Crippen molar-refractivity contribution in [2.75, 3.05) is 12.4 Å². The molecule has 27 heavy (non-hydrogen) atoms. The van der Waals surface area contributed by atoms with E-state index in [1.807, 2.05) is 12.1 Å². The van der Waals surface area contributed by atoms with Crippen molar-refractivity contribution in [1.29, 1.82) is 0 Å². The molecule has 1 amide bonds. The number of hydrogen-bond donors (Lipinski definition) is 2. The van der Waals surface area contributed by atoms with Gasteiger partial charge in [-0.1, -0.05) is 12.1 Å². The molecule has 0 aliphatic rings. The first-order valence-electron chi connectivity index (χ1n) is 8.21. The van der Waals surface area contributed by atoms with Gasteiger partial charge < -0.3 is 19.8 Å². The average molecular weight is 359 g/mol. The number of carbonyl (C=O) groups excluding carboxylic acids is 1. The third-order valence-corrected chi connectivity index (χ3v) is 3.76. The lowest BCUT2D eigenvalue weighted by Gasteiger charge is -2.06. The maximum Gasteiger partial charge on any atom is 0.300 e. The molecule has 133 valence electrons. The zero-order valence-electron chi connectivity index (χ0n) is 14.4. The van der Waals surface area contributed by atoms with Gasteiger partial charge >= 0.3 is 0 Å². The molecule has 0 bridgehead atoms. The van der Waals surface area contributed by atoms with Gasteiger partial charge in [-0.25, -0.2) is 0 Å². The van der Waals surface area contributed by atoms with Crippen molar-refractivity contribution in [3.8, 4) is 11.5 Å². The lowest BCUT2D eigenvalue weighted by Crippen LogP contribution is -2.18. The van der Waals surface area contributed by atoms with E-state index in [0.717, 1.165) is 5.69 Å². The summed E-state index contributed by atoms with van der Waals surface area (Å²) in [7, 11) is 1.55. The molecule has 0 aliphatic heterocycles. The summed E-state index contributed by atoms with van der Waals surface area (Å²) in [5.41, 5.74) is 2.42. The number of carbonyl (C=O) groups is 1. The molecule has 7 nitrogen and oxygen atoms in total. The van der Waals surface area contributed by atoms with Crippen LogP contribution in [0.2, 0.25) is 0 Å². The molecule has 1 radical (unpaired) electrons. The van der Waals surface area contributed by atoms with E-state index >= 15 is 0 Å². The Hall–Kier alpha value is -3.87. The van der Waals surface area contributed by atoms with Crippen molar-refractivity contribution in [2.45, 2.75) is 0 Å². The number of oxazole rings is 1. The van der Waals surface area contributed by atoms with E-state index in [4.69, 9.17) is 9.15 Å². The van der Waals surface area contributed by atoms with Crippen LogP contribution < -0.4 is 15.4 Å². The van der Waals surface area contributed by atoms with Crippen molar-refractivity contribution < 1.29 is 13.9 Å². The fourth-order valence-electron chi connectivity index (χ4n) is 2.48. The lowest BCUT2D eigenvalue weighted by atomic mass is 10.3. The van der Waals surface area contributed by atoms with Crippen molar-refractivity contribution in [3.05, 3.63) is 72.6 Å². The summed E-state index contributed by atoms with van der Waals surface area (Å²) in [4.78, 5) is 20.1. The zero-order chi connectivity index (χ0) is 18.6. The van der Waals surface area contributed by atoms with Crippen LogP contribution in [0, 0.1) is 6.07 Å². The SMILES string of the molecule is CNC(=O)c1cc(Oc2ccc3nc(Nc4cc[c]cc4)oc3c2)ccn1. The predicted octanol–water partition coefficient (Wildman–Crippen LogP) is 3.92. The summed E-state index contributed by atoms with van der Waals surface area (Å²) in [6.07, 6.45) is 1.52. The second-order valence-electron chi connectivity index (χ2n) is 5.62. The highest BCUT2D eigenvalue weighted by Gasteiger charge is 2.10. The maximum absolute atomic E-state index is 11.7. The van der Waals surface area contributed by atoms with Crippen LogP contribution in [0.4, 0.5) is 11.7 Å². The van der Waals surface area contributed by atoms with Crippen molar-refractivity contribution in [2.24, 2.45) is 0 Å². The molecule has 2 N–H and O–H groups in total. The molecule has 0 aliphatic carbocycles. The Balaban J connectivity index is 1.56. The second kappa shape index (κ2) is 7.17. The van der Waals surface area contributed by atoms with Crippen molar-refractivity contribution in [1.82, 2.24) is 15.3 Å². The topological polar surface area (TPSA) is 89.3 Å². The van der Waals surface area contributed by atoms with E-state index in [9.17, 15) is 4.79 Å². The minimum atomic E-state index is -0.277. The molecule has 2 aromatic heterocycles. The van der Waals surface area contributed by atoms with E-state index < -0.39 is 0 Å². The summed E-state index contributed by atoms with van der Waals surface area (Å²) in [6, 6.07) is 19.3. The van der Waals surface area contributed by atoms with Gasteiger partial charge in [0.25, 0.3) is 11.9 Å². The summed E-state index contributed by atoms with van der Waals surface area (Å²) >= 11 is 0. The molecular weight excluding hydrogens is 344 g/mol. The summed E-state index contributed by atoms with van der Waals surface area (Å²) in [5.74, 6) is 0.787. The van der Waals surface area contributed by atoms with Crippen LogP contribution in [-0.4, -0.2) is 22.9 Å². The fraction of sp³-hybridized carbons (Fsp3) is 0.0500. The standard InChI is InChI=1S/C20H15N4O3/c1-21-19(25)17-11-15(9-10-22-17)26-14-7-8-16-18(12-14)27-20(24-16)23-13-5-3-2-4-6-13/h3-12H,1H3,(H,21,25)(H,23,24). The Morgan fingerprint density at radius 3 is 2.74 bits per heavy atom. The number of ether oxygens (including phenoxy) is 1. The number of fused-ring (bicyclic) bond motifs is 1. The molecule has 2 heterocycles. The Kier molecular flexibility index (Phi) is 4.40. The highest BCUT2D eigenvalue weighted by Crippen LogP contribution is 2.28. The van der Waals surface area contributed by atoms with Crippen LogP contribution in [-0.2, 0) is 0 Å². The van der Waals surface area contributed by atoms with Gasteiger partial charge in [-0.05, 0) is 36.4 Å². The van der Waals surface area contributed by atoms with Gasteiger partial charge in [0.15, 0.2) is 5.58 Å². The Morgan fingerprint density at radius 2 is 1.93 bits per heavy atom. The van der Waals surface area contributed by atoms with Crippen LogP contribution in [0.15, 0.2) is 65.2 Å². The van der Waals surface area contributed by atoms with Crippen molar-refractivity contribution >= 4 is 28.7 Å². The number of benzene rings is 2. The van der Waals surface area contributed by atoms with E-state index in [0.29, 0.717) is 28.6 Å². The number of amides is 1. The first kappa shape index (κ1) is 16.6. The maximum atomic E-state index is 11.7. The summed E-state index contributed by atoms with van der Waals surface area (Å²) < 4.78 is 11.6. The average Bonchev–Trinajstić information content (AvgIpc) is 3.10. The lowest BCUT2D eigenvalue weighted by molar-refractivity contribution is 0.0958. The van der Waals surface area contributed by atoms with Gasteiger partial charge in [-0.2, -0.15) is 4.98 Å². The molecule has 4 rings (SSSR count). The van der Waals surface area contributed by atoms with Gasteiger partial charge in [0.05, 0.1) is 0 Å². The Bertz CT molecular complexity index is 1090. The highest BCUT2D eigenvalue weighted by atomic mass is 16.5. The minimum Gasteiger partial charge on any atom is -0.457 e. The highest BCUT2D eigenvalue weighted by molar-refractivity contribution is 5.92. The van der Waals surface area contributed by atoms with E-state index in [2.05, 4.69) is 26.7 Å². The van der Waals surface area contributed by atoms with Crippen LogP contribution in [0.3, 0.4) is 0 Å². The first-order valence-corrected chi connectivity index (χ1v) is 8.21. The number of aromatic nitrogens is 2. The monoisotopic (exact) mass is 359 g/mol. The first-order chi connectivity index (χ1) is 13.2. The number of nitrogens with one attached hydrogen (secondary N) is 2. The predicted molar refractivity (Wildman–Crippen MR) is 100 cm³/mol. The fourth-order valence-corrected chi connectivity index (χ4v) is 2.48. The normalized spacial score (nSPS) is 10.6. The number of nitrogens with zero attached hydrogens (tertiary/aromatic N) is 2. The van der Waals surface area contributed by atoms with Crippen LogP contribution >= 0.6 is 0 Å². The van der Waals surface area contributed by atoms with E-state index in [-0.39, 0.29) is 11.6 Å². The third kappa shape index (κ3) is 3.72. The van der Waals surface area contributed by atoms with Gasteiger partial charge in [-0.15, -0.1) is 0 Å². The summed E-state index contributed by atoms with van der Waals surface area (Å²) in [6.45, 7) is 0. The van der Waals surface area contributed by atoms with Gasteiger partial charge in [0, 0.05) is 31.1 Å². The molecule has 0 unspecified atom stereocenters. The second-order valence-corrected chi connectivity index (χ2v) is 5.62. The molecule has 0 fully saturated rings. The molecule has 0 saturated heterocycles. The number of rotatable bonds is 5. The van der Waals surface area contributed by atoms with Gasteiger partial charge in [0.1, 0.15) is 22.7 Å². The smallest absolute Gasteiger partial charge is 0.300 e. The zero-order valence-corrected chi connectivity index (χ0v) is 14.4. The minimum absolute atomic E-state index is 0.277. The Labute approximate surface area is 155 Å². The number of pyridine rings is 1. The molecule has 0 saturated carbocycles. The third-order valence-electron chi connectivity index (χ3n) is 3.76. The van der Waals surface area contributed by atoms with E-state index in [1.54, 1.807) is 49.5 Å².